The minimum Gasteiger partial charge on any atom is -0.444 e. The Kier molecular flexibility index (Phi) is 5.62. The molecule has 2 aromatic rings. The second kappa shape index (κ2) is 7.92. The van der Waals surface area contributed by atoms with E-state index in [1.165, 1.54) is 5.56 Å². The molecule has 1 aliphatic rings. The highest BCUT2D eigenvalue weighted by Gasteiger charge is 2.40. The number of hydrogen-bond donors (Lipinski definition) is 0. The zero-order chi connectivity index (χ0) is 18.6. The first-order chi connectivity index (χ1) is 12.4. The van der Waals surface area contributed by atoms with E-state index >= 15 is 0 Å². The number of hydrogen-bond acceptors (Lipinski definition) is 3. The van der Waals surface area contributed by atoms with E-state index < -0.39 is 5.60 Å². The number of nitrogens with zero attached hydrogens (tertiary/aromatic N) is 1. The lowest BCUT2D eigenvalue weighted by Gasteiger charge is -2.33. The maximum absolute atomic E-state index is 13.0. The Morgan fingerprint density at radius 2 is 1.62 bits per heavy atom. The molecule has 4 heteroatoms. The topological polar surface area (TPSA) is 42.1 Å². The van der Waals surface area contributed by atoms with Crippen LogP contribution in [-0.4, -0.2) is 35.3 Å². The molecule has 1 fully saturated rings. The Morgan fingerprint density at radius 3 is 2.12 bits per heavy atom. The third-order valence-electron chi connectivity index (χ3n) is 4.30. The predicted octanol–water partition coefficient (Wildman–Crippen LogP) is 4.43. The van der Waals surface area contributed by atoms with E-state index in [9.17, 15) is 4.79 Å². The third kappa shape index (κ3) is 5.33. The van der Waals surface area contributed by atoms with Crippen LogP contribution in [0, 0.1) is 0 Å². The molecule has 1 amide bonds. The molecule has 0 spiro atoms. The Hall–Kier alpha value is -2.33. The number of epoxide rings is 1. The van der Waals surface area contributed by atoms with Crippen LogP contribution in [0.25, 0.3) is 0 Å². The van der Waals surface area contributed by atoms with Crippen molar-refractivity contribution in [1.82, 2.24) is 4.90 Å². The van der Waals surface area contributed by atoms with Crippen molar-refractivity contribution < 1.29 is 14.3 Å². The number of benzene rings is 2. The number of rotatable bonds is 6. The largest absolute Gasteiger partial charge is 0.444 e. The molecule has 138 valence electrons. The summed E-state index contributed by atoms with van der Waals surface area (Å²) in [6.45, 7) is 6.88. The lowest BCUT2D eigenvalue weighted by molar-refractivity contribution is 0.0108. The maximum atomic E-state index is 13.0. The number of carbonyl (C=O) groups is 1. The third-order valence-corrected chi connectivity index (χ3v) is 4.30. The van der Waals surface area contributed by atoms with E-state index in [4.69, 9.17) is 9.47 Å². The van der Waals surface area contributed by atoms with E-state index in [2.05, 4.69) is 12.1 Å². The molecular formula is C22H27NO3. The van der Waals surface area contributed by atoms with E-state index in [0.717, 1.165) is 12.0 Å². The fraction of sp³-hybridized carbons (Fsp3) is 0.409. The van der Waals surface area contributed by atoms with Gasteiger partial charge in [0.2, 0.25) is 0 Å². The standard InChI is InChI=1S/C22H27NO3/c1-22(2,3)26-21(24)23(15-18-12-8-5-9-13-18)19(20-16-25-20)14-17-10-6-4-7-11-17/h4-13,19-20H,14-16H2,1-3H3/t19-,20+/m0/s1. The van der Waals surface area contributed by atoms with Gasteiger partial charge < -0.3 is 9.47 Å². The molecule has 1 saturated heterocycles. The number of ether oxygens (including phenoxy) is 2. The lowest BCUT2D eigenvalue weighted by Crippen LogP contribution is -2.46. The molecule has 3 rings (SSSR count). The molecule has 0 N–H and O–H groups in total. The molecule has 0 saturated carbocycles. The molecule has 0 aromatic heterocycles. The zero-order valence-corrected chi connectivity index (χ0v) is 15.7. The summed E-state index contributed by atoms with van der Waals surface area (Å²) in [6.07, 6.45) is 0.515. The molecule has 2 aromatic carbocycles. The summed E-state index contributed by atoms with van der Waals surface area (Å²) in [4.78, 5) is 14.8. The van der Waals surface area contributed by atoms with Crippen molar-refractivity contribution in [3.63, 3.8) is 0 Å². The van der Waals surface area contributed by atoms with E-state index in [0.29, 0.717) is 13.2 Å². The van der Waals surface area contributed by atoms with Gasteiger partial charge >= 0.3 is 6.09 Å². The summed E-state index contributed by atoms with van der Waals surface area (Å²) < 4.78 is 11.3. The summed E-state index contributed by atoms with van der Waals surface area (Å²) in [6, 6.07) is 20.2. The van der Waals surface area contributed by atoms with Gasteiger partial charge in [-0.15, -0.1) is 0 Å². The SMILES string of the molecule is CC(C)(C)OC(=O)N(Cc1ccccc1)[C@@H](Cc1ccccc1)[C@H]1CO1. The summed E-state index contributed by atoms with van der Waals surface area (Å²) in [5.74, 6) is 0. The van der Waals surface area contributed by atoms with Gasteiger partial charge in [0, 0.05) is 6.54 Å². The Labute approximate surface area is 155 Å². The molecule has 4 nitrogen and oxygen atoms in total. The molecule has 1 heterocycles. The van der Waals surface area contributed by atoms with Gasteiger partial charge in [-0.3, -0.25) is 4.90 Å². The Bertz CT molecular complexity index is 705. The van der Waals surface area contributed by atoms with Gasteiger partial charge in [0.1, 0.15) is 11.7 Å². The normalized spacial score (nSPS) is 17.4. The van der Waals surface area contributed by atoms with E-state index in [1.54, 1.807) is 0 Å². The van der Waals surface area contributed by atoms with Crippen molar-refractivity contribution in [3.05, 3.63) is 71.8 Å². The van der Waals surface area contributed by atoms with Crippen LogP contribution in [0.2, 0.25) is 0 Å². The van der Waals surface area contributed by atoms with Crippen molar-refractivity contribution in [1.29, 1.82) is 0 Å². The summed E-state index contributed by atoms with van der Waals surface area (Å²) >= 11 is 0. The van der Waals surface area contributed by atoms with Gasteiger partial charge in [0.25, 0.3) is 0 Å². The molecule has 0 bridgehead atoms. The second-order valence-corrected chi connectivity index (χ2v) is 7.72. The van der Waals surface area contributed by atoms with Crippen molar-refractivity contribution in [2.24, 2.45) is 0 Å². The first-order valence-corrected chi connectivity index (χ1v) is 9.11. The van der Waals surface area contributed by atoms with Gasteiger partial charge in [-0.25, -0.2) is 4.79 Å². The monoisotopic (exact) mass is 353 g/mol. The summed E-state index contributed by atoms with van der Waals surface area (Å²) in [5, 5.41) is 0. The van der Waals surface area contributed by atoms with Crippen LogP contribution in [-0.2, 0) is 22.4 Å². The molecule has 0 radical (unpaired) electrons. The highest BCUT2D eigenvalue weighted by Crippen LogP contribution is 2.26. The van der Waals surface area contributed by atoms with Crippen LogP contribution >= 0.6 is 0 Å². The van der Waals surface area contributed by atoms with Gasteiger partial charge in [0.15, 0.2) is 0 Å². The summed E-state index contributed by atoms with van der Waals surface area (Å²) in [7, 11) is 0. The fourth-order valence-electron chi connectivity index (χ4n) is 2.99. The Morgan fingerprint density at radius 1 is 1.08 bits per heavy atom. The molecule has 1 aliphatic heterocycles. The number of carbonyl (C=O) groups excluding carboxylic acids is 1. The van der Waals surface area contributed by atoms with Gasteiger partial charge in [-0.1, -0.05) is 60.7 Å². The predicted molar refractivity (Wildman–Crippen MR) is 102 cm³/mol. The summed E-state index contributed by atoms with van der Waals surface area (Å²) in [5.41, 5.74) is 1.74. The van der Waals surface area contributed by atoms with E-state index in [-0.39, 0.29) is 18.2 Å². The zero-order valence-electron chi connectivity index (χ0n) is 15.7. The van der Waals surface area contributed by atoms with Crippen molar-refractivity contribution in [2.75, 3.05) is 6.61 Å². The second-order valence-electron chi connectivity index (χ2n) is 7.72. The maximum Gasteiger partial charge on any atom is 0.410 e. The quantitative estimate of drug-likeness (QED) is 0.721. The minimum atomic E-state index is -0.534. The van der Waals surface area contributed by atoms with Crippen LogP contribution in [0.3, 0.4) is 0 Å². The average Bonchev–Trinajstić information content (AvgIpc) is 3.43. The lowest BCUT2D eigenvalue weighted by atomic mass is 10.0. The van der Waals surface area contributed by atoms with Crippen LogP contribution in [0.15, 0.2) is 60.7 Å². The Balaban J connectivity index is 1.84. The first-order valence-electron chi connectivity index (χ1n) is 9.11. The van der Waals surface area contributed by atoms with E-state index in [1.807, 2.05) is 74.2 Å². The molecule has 2 atom stereocenters. The highest BCUT2D eigenvalue weighted by molar-refractivity contribution is 5.69. The van der Waals surface area contributed by atoms with Crippen LogP contribution in [0.1, 0.15) is 31.9 Å². The van der Waals surface area contributed by atoms with Gasteiger partial charge in [0.05, 0.1) is 12.6 Å². The van der Waals surface area contributed by atoms with Crippen LogP contribution < -0.4 is 0 Å². The van der Waals surface area contributed by atoms with Crippen molar-refractivity contribution in [2.45, 2.75) is 51.5 Å². The van der Waals surface area contributed by atoms with Gasteiger partial charge in [-0.05, 0) is 38.3 Å². The number of amides is 1. The average molecular weight is 353 g/mol. The molecule has 26 heavy (non-hydrogen) atoms. The molecule has 0 unspecified atom stereocenters. The van der Waals surface area contributed by atoms with Crippen LogP contribution in [0.5, 0.6) is 0 Å². The molecule has 0 aliphatic carbocycles. The van der Waals surface area contributed by atoms with Crippen LogP contribution in [0.4, 0.5) is 4.79 Å². The minimum absolute atomic E-state index is 0.0487. The fourth-order valence-corrected chi connectivity index (χ4v) is 2.99. The van der Waals surface area contributed by atoms with Crippen molar-refractivity contribution in [3.8, 4) is 0 Å². The highest BCUT2D eigenvalue weighted by atomic mass is 16.6. The van der Waals surface area contributed by atoms with Gasteiger partial charge in [-0.2, -0.15) is 0 Å². The first kappa shape index (κ1) is 18.5. The molecular weight excluding hydrogens is 326 g/mol. The van der Waals surface area contributed by atoms with Crippen molar-refractivity contribution >= 4 is 6.09 Å². The smallest absolute Gasteiger partial charge is 0.410 e.